The fourth-order valence-corrected chi connectivity index (χ4v) is 2.22. The molecule has 0 saturated heterocycles. The fraction of sp³-hybridized carbons (Fsp3) is 0.867. The van der Waals surface area contributed by atoms with Gasteiger partial charge in [0.2, 0.25) is 0 Å². The maximum atomic E-state index is 2.64. The van der Waals surface area contributed by atoms with E-state index in [0.717, 1.165) is 0 Å². The first-order chi connectivity index (χ1) is 7.91. The summed E-state index contributed by atoms with van der Waals surface area (Å²) < 4.78 is 0. The molecular formula is C15H31P. The lowest BCUT2D eigenvalue weighted by Crippen LogP contribution is -1.81. The molecule has 0 saturated carbocycles. The van der Waals surface area contributed by atoms with Crippen LogP contribution in [-0.4, -0.2) is 0 Å². The van der Waals surface area contributed by atoms with Gasteiger partial charge in [0.05, 0.1) is 0 Å². The van der Waals surface area contributed by atoms with Crippen molar-refractivity contribution < 1.29 is 0 Å². The van der Waals surface area contributed by atoms with Crippen molar-refractivity contribution in [3.63, 3.8) is 0 Å². The van der Waals surface area contributed by atoms with Crippen LogP contribution in [0.25, 0.3) is 0 Å². The molecule has 0 amide bonds. The molecule has 0 fully saturated rings. The molecule has 0 nitrogen and oxygen atoms in total. The minimum Gasteiger partial charge on any atom is -0.114 e. The van der Waals surface area contributed by atoms with Gasteiger partial charge in [-0.15, -0.1) is 9.24 Å². The van der Waals surface area contributed by atoms with Crippen LogP contribution in [0.5, 0.6) is 0 Å². The molecule has 0 aliphatic heterocycles. The first-order valence-corrected chi connectivity index (χ1v) is 7.95. The van der Waals surface area contributed by atoms with Crippen LogP contribution in [0.2, 0.25) is 0 Å². The van der Waals surface area contributed by atoms with E-state index in [0.29, 0.717) is 0 Å². The Morgan fingerprint density at radius 3 is 1.56 bits per heavy atom. The first-order valence-electron chi connectivity index (χ1n) is 7.28. The van der Waals surface area contributed by atoms with Gasteiger partial charge in [0.1, 0.15) is 0 Å². The summed E-state index contributed by atoms with van der Waals surface area (Å²) in [6.07, 6.45) is 19.3. The molecule has 0 aromatic carbocycles. The lowest BCUT2D eigenvalue weighted by Gasteiger charge is -2.01. The number of rotatable bonds is 12. The summed E-state index contributed by atoms with van der Waals surface area (Å²) in [6, 6.07) is 0. The van der Waals surface area contributed by atoms with E-state index in [1.807, 2.05) is 0 Å². The second-order valence-electron chi connectivity index (χ2n) is 4.75. The highest BCUT2D eigenvalue weighted by Crippen LogP contribution is 2.12. The molecule has 0 aromatic heterocycles. The van der Waals surface area contributed by atoms with Crippen molar-refractivity contribution in [1.29, 1.82) is 0 Å². The fourth-order valence-electron chi connectivity index (χ4n) is 2.02. The van der Waals surface area contributed by atoms with Crippen molar-refractivity contribution in [1.82, 2.24) is 0 Å². The summed E-state index contributed by atoms with van der Waals surface area (Å²) in [5.74, 6) is 2.08. The Labute approximate surface area is 105 Å². The molecule has 0 aliphatic carbocycles. The Kier molecular flexibility index (Phi) is 15.3. The quantitative estimate of drug-likeness (QED) is 0.287. The van der Waals surface area contributed by atoms with Gasteiger partial charge >= 0.3 is 0 Å². The Bertz CT molecular complexity index is 140. The monoisotopic (exact) mass is 242 g/mol. The van der Waals surface area contributed by atoms with Gasteiger partial charge in [-0.25, -0.2) is 0 Å². The van der Waals surface area contributed by atoms with Crippen LogP contribution < -0.4 is 0 Å². The highest BCUT2D eigenvalue weighted by Gasteiger charge is 1.92. The third kappa shape index (κ3) is 14.2. The standard InChI is InChI=1S/C15H31P/c1-2-3-4-5-6-7-8-9-10-11-12-13-14-15-16/h14-15H,2-13,16H2,1H3/b15-14+. The number of unbranched alkanes of at least 4 members (excludes halogenated alkanes) is 11. The smallest absolute Gasteiger partial charge is 0.0347 e. The molecule has 0 aromatic rings. The predicted molar refractivity (Wildman–Crippen MR) is 79.9 cm³/mol. The van der Waals surface area contributed by atoms with Crippen molar-refractivity contribution in [3.8, 4) is 0 Å². The number of hydrogen-bond donors (Lipinski definition) is 0. The molecule has 1 heteroatoms. The molecule has 0 heterocycles. The van der Waals surface area contributed by atoms with Gasteiger partial charge in [-0.05, 0) is 12.8 Å². The van der Waals surface area contributed by atoms with Crippen LogP contribution in [0, 0.1) is 0 Å². The third-order valence-corrected chi connectivity index (χ3v) is 3.38. The van der Waals surface area contributed by atoms with E-state index >= 15 is 0 Å². The SMILES string of the molecule is CCCCCCCCCCCCC/C=C/P. The molecule has 0 spiro atoms. The highest BCUT2D eigenvalue weighted by molar-refractivity contribution is 7.20. The van der Waals surface area contributed by atoms with Crippen LogP contribution in [0.4, 0.5) is 0 Å². The van der Waals surface area contributed by atoms with Gasteiger partial charge in [-0.2, -0.15) is 0 Å². The average Bonchev–Trinajstić information content (AvgIpc) is 2.31. The zero-order chi connectivity index (χ0) is 11.9. The molecule has 1 atom stereocenters. The van der Waals surface area contributed by atoms with Crippen LogP contribution >= 0.6 is 9.24 Å². The van der Waals surface area contributed by atoms with E-state index in [2.05, 4.69) is 28.1 Å². The normalized spacial score (nSPS) is 11.4. The van der Waals surface area contributed by atoms with E-state index in [9.17, 15) is 0 Å². The summed E-state index contributed by atoms with van der Waals surface area (Å²) in [4.78, 5) is 0. The summed E-state index contributed by atoms with van der Waals surface area (Å²) in [5.41, 5.74) is 0. The van der Waals surface area contributed by atoms with Crippen molar-refractivity contribution >= 4 is 9.24 Å². The van der Waals surface area contributed by atoms with Crippen molar-refractivity contribution in [2.45, 2.75) is 84.0 Å². The van der Waals surface area contributed by atoms with Crippen molar-refractivity contribution in [2.24, 2.45) is 0 Å². The molecule has 0 bridgehead atoms. The Balaban J connectivity index is 2.88. The Morgan fingerprint density at radius 2 is 1.12 bits per heavy atom. The molecule has 16 heavy (non-hydrogen) atoms. The van der Waals surface area contributed by atoms with Crippen LogP contribution in [0.15, 0.2) is 11.9 Å². The lowest BCUT2D eigenvalue weighted by molar-refractivity contribution is 0.550. The maximum Gasteiger partial charge on any atom is -0.0347 e. The van der Waals surface area contributed by atoms with E-state index in [-0.39, 0.29) is 0 Å². The molecule has 0 aliphatic rings. The van der Waals surface area contributed by atoms with Crippen LogP contribution in [-0.2, 0) is 0 Å². The minimum absolute atomic E-state index is 1.26. The molecule has 0 rings (SSSR count). The zero-order valence-electron chi connectivity index (χ0n) is 11.2. The topological polar surface area (TPSA) is 0 Å². The predicted octanol–water partition coefficient (Wildman–Crippen LogP) is 6.08. The molecule has 96 valence electrons. The Morgan fingerprint density at radius 1 is 0.688 bits per heavy atom. The summed E-state index contributed by atoms with van der Waals surface area (Å²) >= 11 is 0. The van der Waals surface area contributed by atoms with Crippen LogP contribution in [0.3, 0.4) is 0 Å². The minimum atomic E-state index is 1.26. The van der Waals surface area contributed by atoms with E-state index in [1.165, 1.54) is 77.0 Å². The zero-order valence-corrected chi connectivity index (χ0v) is 12.4. The summed E-state index contributed by atoms with van der Waals surface area (Å²) in [7, 11) is 2.64. The van der Waals surface area contributed by atoms with Crippen LogP contribution in [0.1, 0.15) is 84.0 Å². The molecule has 1 unspecified atom stereocenters. The molecular weight excluding hydrogens is 211 g/mol. The first kappa shape index (κ1) is 16.2. The maximum absolute atomic E-state index is 2.64. The second kappa shape index (κ2) is 15.2. The largest absolute Gasteiger partial charge is 0.114 e. The average molecular weight is 242 g/mol. The number of allylic oxidation sites excluding steroid dienone is 1. The van der Waals surface area contributed by atoms with E-state index in [1.54, 1.807) is 0 Å². The van der Waals surface area contributed by atoms with Gasteiger partial charge in [-0.3, -0.25) is 0 Å². The summed E-state index contributed by atoms with van der Waals surface area (Å²) in [5, 5.41) is 0. The van der Waals surface area contributed by atoms with Gasteiger partial charge in [0.25, 0.3) is 0 Å². The van der Waals surface area contributed by atoms with Crippen molar-refractivity contribution in [3.05, 3.63) is 11.9 Å². The highest BCUT2D eigenvalue weighted by atomic mass is 31.0. The second-order valence-corrected chi connectivity index (χ2v) is 5.14. The van der Waals surface area contributed by atoms with E-state index in [4.69, 9.17) is 0 Å². The van der Waals surface area contributed by atoms with Crippen molar-refractivity contribution in [2.75, 3.05) is 0 Å². The van der Waals surface area contributed by atoms with E-state index < -0.39 is 0 Å². The lowest BCUT2D eigenvalue weighted by atomic mass is 10.1. The van der Waals surface area contributed by atoms with Gasteiger partial charge in [0, 0.05) is 0 Å². The summed E-state index contributed by atoms with van der Waals surface area (Å²) in [6.45, 7) is 2.28. The van der Waals surface area contributed by atoms with Gasteiger partial charge < -0.3 is 0 Å². The third-order valence-electron chi connectivity index (χ3n) is 3.11. The molecule has 0 radical (unpaired) electrons. The Hall–Kier alpha value is 0.170. The molecule has 0 N–H and O–H groups in total. The number of hydrogen-bond acceptors (Lipinski definition) is 0. The van der Waals surface area contributed by atoms with Gasteiger partial charge in [-0.1, -0.05) is 83.0 Å². The van der Waals surface area contributed by atoms with Gasteiger partial charge in [0.15, 0.2) is 0 Å².